The molecule has 0 spiro atoms. The summed E-state index contributed by atoms with van der Waals surface area (Å²) in [5.41, 5.74) is 0.0989. The number of fused-ring (bicyclic) bond motifs is 2. The first kappa shape index (κ1) is 24.9. The van der Waals surface area contributed by atoms with Gasteiger partial charge in [-0.25, -0.2) is 14.8 Å². The summed E-state index contributed by atoms with van der Waals surface area (Å²) in [6.45, 7) is 3.87. The minimum atomic E-state index is -4.44. The Morgan fingerprint density at radius 2 is 1.97 bits per heavy atom. The van der Waals surface area contributed by atoms with Gasteiger partial charge in [-0.2, -0.15) is 13.2 Å². The maximum atomic E-state index is 13.4. The fourth-order valence-electron chi connectivity index (χ4n) is 5.00. The molecule has 1 atom stereocenters. The Labute approximate surface area is 219 Å². The van der Waals surface area contributed by atoms with Crippen molar-refractivity contribution < 1.29 is 32.0 Å². The van der Waals surface area contributed by atoms with Crippen molar-refractivity contribution in [1.29, 1.82) is 0 Å². The van der Waals surface area contributed by atoms with Gasteiger partial charge in [0.25, 0.3) is 0 Å². The van der Waals surface area contributed by atoms with Crippen molar-refractivity contribution in [3.8, 4) is 11.6 Å². The molecule has 1 aliphatic heterocycles. The van der Waals surface area contributed by atoms with Gasteiger partial charge in [0.15, 0.2) is 11.6 Å². The lowest BCUT2D eigenvalue weighted by molar-refractivity contribution is -0.165. The largest absolute Gasteiger partial charge is 0.439 e. The van der Waals surface area contributed by atoms with E-state index in [2.05, 4.69) is 20.4 Å². The van der Waals surface area contributed by atoms with E-state index in [1.165, 1.54) is 24.0 Å². The first-order valence-electron chi connectivity index (χ1n) is 12.3. The highest BCUT2D eigenvalue weighted by molar-refractivity contribution is 5.98. The lowest BCUT2D eigenvalue weighted by atomic mass is 9.99. The number of aromatic nitrogens is 4. The molecule has 3 aromatic heterocycles. The number of hydrogen-bond donors (Lipinski definition) is 1. The van der Waals surface area contributed by atoms with Gasteiger partial charge >= 0.3 is 12.2 Å². The molecule has 4 aromatic rings. The van der Waals surface area contributed by atoms with Gasteiger partial charge in [-0.1, -0.05) is 5.16 Å². The molecule has 2 amide bonds. The van der Waals surface area contributed by atoms with Crippen LogP contribution in [-0.4, -0.2) is 48.7 Å². The zero-order valence-corrected chi connectivity index (χ0v) is 21.0. The maximum Gasteiger partial charge on any atom is 0.401 e. The van der Waals surface area contributed by atoms with Crippen molar-refractivity contribution in [1.82, 2.24) is 24.6 Å². The molecule has 10 nitrogen and oxygen atoms in total. The van der Waals surface area contributed by atoms with Crippen molar-refractivity contribution >= 4 is 28.7 Å². The van der Waals surface area contributed by atoms with Crippen LogP contribution in [0.1, 0.15) is 43.7 Å². The number of amides is 2. The number of carbonyl (C=O) groups is 2. The minimum absolute atomic E-state index is 0.0228. The van der Waals surface area contributed by atoms with Crippen LogP contribution in [0.5, 0.6) is 11.6 Å². The van der Waals surface area contributed by atoms with E-state index in [0.29, 0.717) is 35.5 Å². The number of nitrogens with one attached hydrogen (secondary N) is 1. The number of alkyl halides is 3. The van der Waals surface area contributed by atoms with Gasteiger partial charge in [-0.3, -0.25) is 14.7 Å². The van der Waals surface area contributed by atoms with E-state index in [1.807, 2.05) is 6.92 Å². The third-order valence-electron chi connectivity index (χ3n) is 7.36. The van der Waals surface area contributed by atoms with E-state index >= 15 is 0 Å². The van der Waals surface area contributed by atoms with Crippen molar-refractivity contribution in [3.63, 3.8) is 0 Å². The molecule has 0 radical (unpaired) electrons. The zero-order valence-electron chi connectivity index (χ0n) is 21.0. The standard InChI is InChI=1S/C26H23F3N6O4/c1-14-9-18-19(12-35(14)15(2)36)30-13-31-23(18)38-17-3-4-20-16(10-17)5-8-34(20)24(37)32-22-11-21(39-33-22)25(6-7-25)26(27,28)29/h3-5,8,10-11,13-14H,6-7,9,12H2,1-2H3,(H,32,33,37). The molecule has 4 heterocycles. The Kier molecular flexibility index (Phi) is 5.63. The summed E-state index contributed by atoms with van der Waals surface area (Å²) >= 11 is 0. The SMILES string of the molecule is CC(=O)N1Cc2ncnc(Oc3ccc4c(ccn4C(=O)Nc4cc(C5(C(F)(F)F)CC5)on4)c3)c2CC1C. The summed E-state index contributed by atoms with van der Waals surface area (Å²) < 4.78 is 52.4. The Morgan fingerprint density at radius 3 is 2.69 bits per heavy atom. The van der Waals surface area contributed by atoms with Crippen molar-refractivity contribution in [3.05, 3.63) is 59.9 Å². The molecule has 1 unspecified atom stereocenters. The quantitative estimate of drug-likeness (QED) is 0.379. The molecule has 6 rings (SSSR count). The Hall–Kier alpha value is -4.42. The molecule has 39 heavy (non-hydrogen) atoms. The third kappa shape index (κ3) is 4.27. The summed E-state index contributed by atoms with van der Waals surface area (Å²) in [6, 6.07) is 7.32. The number of carbonyl (C=O) groups excluding carboxylic acids is 2. The fourth-order valence-corrected chi connectivity index (χ4v) is 5.00. The Morgan fingerprint density at radius 1 is 1.18 bits per heavy atom. The Bertz CT molecular complexity index is 1610. The summed E-state index contributed by atoms with van der Waals surface area (Å²) in [5, 5.41) is 6.79. The van der Waals surface area contributed by atoms with Crippen molar-refractivity contribution in [2.24, 2.45) is 0 Å². The van der Waals surface area contributed by atoms with E-state index in [0.717, 1.165) is 17.3 Å². The molecule has 1 N–H and O–H groups in total. The first-order chi connectivity index (χ1) is 18.6. The van der Waals surface area contributed by atoms with Crippen LogP contribution >= 0.6 is 0 Å². The number of ether oxygens (including phenoxy) is 1. The number of halogens is 3. The second-order valence-electron chi connectivity index (χ2n) is 9.90. The van der Waals surface area contributed by atoms with E-state index in [4.69, 9.17) is 9.26 Å². The molecule has 1 aliphatic carbocycles. The van der Waals surface area contributed by atoms with Gasteiger partial charge in [-0.15, -0.1) is 0 Å². The van der Waals surface area contributed by atoms with Crippen molar-refractivity contribution in [2.75, 3.05) is 5.32 Å². The lowest BCUT2D eigenvalue weighted by Gasteiger charge is -2.33. The zero-order chi connectivity index (χ0) is 27.5. The Balaban J connectivity index is 1.19. The van der Waals surface area contributed by atoms with Crippen LogP contribution in [0.15, 0.2) is 47.4 Å². The van der Waals surface area contributed by atoms with E-state index in [1.54, 1.807) is 29.2 Å². The normalized spacial score (nSPS) is 18.1. The molecule has 0 saturated heterocycles. The predicted molar refractivity (Wildman–Crippen MR) is 131 cm³/mol. The summed E-state index contributed by atoms with van der Waals surface area (Å²) in [6.07, 6.45) is -1.09. The van der Waals surface area contributed by atoms with Gasteiger partial charge in [0.2, 0.25) is 11.8 Å². The maximum absolute atomic E-state index is 13.4. The van der Waals surface area contributed by atoms with Crippen LogP contribution < -0.4 is 10.1 Å². The molecular formula is C26H23F3N6O4. The number of benzene rings is 1. The van der Waals surface area contributed by atoms with E-state index in [9.17, 15) is 22.8 Å². The topological polar surface area (TPSA) is 115 Å². The van der Waals surface area contributed by atoms with Gasteiger partial charge in [0, 0.05) is 36.2 Å². The van der Waals surface area contributed by atoms with Gasteiger partial charge < -0.3 is 14.2 Å². The number of rotatable bonds is 4. The highest BCUT2D eigenvalue weighted by Crippen LogP contribution is 2.59. The molecule has 2 aliphatic rings. The second-order valence-corrected chi connectivity index (χ2v) is 9.90. The fraction of sp³-hybridized carbons (Fsp3) is 0.346. The minimum Gasteiger partial charge on any atom is -0.439 e. The number of anilines is 1. The summed E-state index contributed by atoms with van der Waals surface area (Å²) in [4.78, 5) is 35.2. The highest BCUT2D eigenvalue weighted by atomic mass is 19.4. The number of hydrogen-bond acceptors (Lipinski definition) is 7. The van der Waals surface area contributed by atoms with Crippen molar-refractivity contribution in [2.45, 2.75) is 57.3 Å². The average molecular weight is 541 g/mol. The summed E-state index contributed by atoms with van der Waals surface area (Å²) in [5.74, 6) is 0.468. The smallest absolute Gasteiger partial charge is 0.401 e. The van der Waals surface area contributed by atoms with E-state index in [-0.39, 0.29) is 36.4 Å². The summed E-state index contributed by atoms with van der Waals surface area (Å²) in [7, 11) is 0. The van der Waals surface area contributed by atoms with Crippen LogP contribution in [0.2, 0.25) is 0 Å². The molecule has 13 heteroatoms. The van der Waals surface area contributed by atoms with Crippen LogP contribution in [-0.2, 0) is 23.2 Å². The van der Waals surface area contributed by atoms with Crippen LogP contribution in [0.25, 0.3) is 10.9 Å². The monoisotopic (exact) mass is 540 g/mol. The predicted octanol–water partition coefficient (Wildman–Crippen LogP) is 5.18. The lowest BCUT2D eigenvalue weighted by Crippen LogP contribution is -2.41. The molecule has 1 fully saturated rings. The molecule has 1 saturated carbocycles. The second kappa shape index (κ2) is 8.82. The van der Waals surface area contributed by atoms with Gasteiger partial charge in [0.05, 0.1) is 17.8 Å². The van der Waals surface area contributed by atoms with Crippen LogP contribution in [0, 0.1) is 0 Å². The van der Waals surface area contributed by atoms with Gasteiger partial charge in [-0.05, 0) is 50.5 Å². The molecule has 0 bridgehead atoms. The average Bonchev–Trinajstić information content (AvgIpc) is 3.41. The molecule has 1 aromatic carbocycles. The van der Waals surface area contributed by atoms with Gasteiger partial charge in [0.1, 0.15) is 17.5 Å². The number of nitrogens with zero attached hydrogens (tertiary/aromatic N) is 5. The first-order valence-corrected chi connectivity index (χ1v) is 12.3. The van der Waals surface area contributed by atoms with Crippen LogP contribution in [0.3, 0.4) is 0 Å². The third-order valence-corrected chi connectivity index (χ3v) is 7.36. The molecule has 202 valence electrons. The highest BCUT2D eigenvalue weighted by Gasteiger charge is 2.66. The van der Waals surface area contributed by atoms with E-state index < -0.39 is 17.6 Å². The van der Waals surface area contributed by atoms with Crippen LogP contribution in [0.4, 0.5) is 23.8 Å². The molecular weight excluding hydrogens is 517 g/mol.